The SMILES string of the molecule is O=C1/C(=C\c2ccc(-c3cccc(Cl)c3)o2)SC(=S)N1[C@@H]1CCS(=O)(=O)C1. The van der Waals surface area contributed by atoms with Crippen molar-refractivity contribution in [3.63, 3.8) is 0 Å². The summed E-state index contributed by atoms with van der Waals surface area (Å²) in [5, 5.41) is 0.609. The molecule has 0 aliphatic carbocycles. The maximum atomic E-state index is 12.7. The Bertz CT molecular complexity index is 1070. The molecule has 27 heavy (non-hydrogen) atoms. The Labute approximate surface area is 171 Å². The summed E-state index contributed by atoms with van der Waals surface area (Å²) in [6.07, 6.45) is 2.05. The molecule has 2 saturated heterocycles. The van der Waals surface area contributed by atoms with Crippen LogP contribution in [0, 0.1) is 0 Å². The first-order chi connectivity index (χ1) is 12.8. The van der Waals surface area contributed by atoms with Crippen LogP contribution in [0.1, 0.15) is 12.2 Å². The number of furan rings is 1. The highest BCUT2D eigenvalue weighted by Gasteiger charge is 2.42. The molecule has 140 valence electrons. The first kappa shape index (κ1) is 18.7. The van der Waals surface area contributed by atoms with Crippen molar-refractivity contribution >= 4 is 61.7 Å². The lowest BCUT2D eigenvalue weighted by molar-refractivity contribution is -0.123. The van der Waals surface area contributed by atoms with Crippen molar-refractivity contribution in [3.05, 3.63) is 52.1 Å². The van der Waals surface area contributed by atoms with E-state index >= 15 is 0 Å². The molecule has 0 saturated carbocycles. The van der Waals surface area contributed by atoms with Crippen LogP contribution >= 0.6 is 35.6 Å². The van der Waals surface area contributed by atoms with Gasteiger partial charge in [0.25, 0.3) is 5.91 Å². The van der Waals surface area contributed by atoms with Gasteiger partial charge in [-0.1, -0.05) is 47.7 Å². The van der Waals surface area contributed by atoms with Crippen LogP contribution in [-0.2, 0) is 14.6 Å². The van der Waals surface area contributed by atoms with E-state index in [9.17, 15) is 13.2 Å². The fourth-order valence-corrected chi connectivity index (χ4v) is 6.40. The minimum Gasteiger partial charge on any atom is -0.457 e. The van der Waals surface area contributed by atoms with Gasteiger partial charge in [-0.3, -0.25) is 9.69 Å². The van der Waals surface area contributed by atoms with Gasteiger partial charge in [0.2, 0.25) is 0 Å². The van der Waals surface area contributed by atoms with Crippen LogP contribution in [-0.4, -0.2) is 41.1 Å². The third kappa shape index (κ3) is 3.85. The lowest BCUT2D eigenvalue weighted by Gasteiger charge is -2.20. The number of rotatable bonds is 3. The van der Waals surface area contributed by atoms with Crippen molar-refractivity contribution in [2.75, 3.05) is 11.5 Å². The van der Waals surface area contributed by atoms with E-state index in [1.54, 1.807) is 24.3 Å². The van der Waals surface area contributed by atoms with Crippen molar-refractivity contribution < 1.29 is 17.6 Å². The number of hydrogen-bond donors (Lipinski definition) is 0. The Morgan fingerprint density at radius 2 is 2.11 bits per heavy atom. The van der Waals surface area contributed by atoms with Gasteiger partial charge in [0, 0.05) is 16.7 Å². The van der Waals surface area contributed by atoms with Gasteiger partial charge < -0.3 is 4.42 Å². The van der Waals surface area contributed by atoms with Gasteiger partial charge >= 0.3 is 0 Å². The largest absolute Gasteiger partial charge is 0.457 e. The van der Waals surface area contributed by atoms with Crippen LogP contribution < -0.4 is 0 Å². The molecule has 5 nitrogen and oxygen atoms in total. The quantitative estimate of drug-likeness (QED) is 0.532. The summed E-state index contributed by atoms with van der Waals surface area (Å²) >= 11 is 12.5. The Morgan fingerprint density at radius 1 is 1.30 bits per heavy atom. The molecule has 2 aliphatic rings. The van der Waals surface area contributed by atoms with E-state index in [4.69, 9.17) is 28.2 Å². The molecule has 1 aromatic carbocycles. The maximum absolute atomic E-state index is 12.7. The predicted molar refractivity (Wildman–Crippen MR) is 111 cm³/mol. The number of nitrogens with zero attached hydrogens (tertiary/aromatic N) is 1. The number of amides is 1. The monoisotopic (exact) mass is 439 g/mol. The fourth-order valence-electron chi connectivity index (χ4n) is 3.13. The van der Waals surface area contributed by atoms with E-state index in [1.807, 2.05) is 18.2 Å². The highest BCUT2D eigenvalue weighted by atomic mass is 35.5. The first-order valence-electron chi connectivity index (χ1n) is 8.16. The van der Waals surface area contributed by atoms with Crippen LogP contribution in [0.15, 0.2) is 45.7 Å². The van der Waals surface area contributed by atoms with Gasteiger partial charge in [0.15, 0.2) is 9.84 Å². The average molecular weight is 440 g/mol. The molecule has 0 radical (unpaired) electrons. The minimum atomic E-state index is -3.10. The Morgan fingerprint density at radius 3 is 2.81 bits per heavy atom. The second kappa shape index (κ2) is 7.09. The molecular formula is C18H14ClNO4S3. The summed E-state index contributed by atoms with van der Waals surface area (Å²) in [4.78, 5) is 14.6. The molecule has 4 rings (SSSR count). The molecule has 2 fully saturated rings. The van der Waals surface area contributed by atoms with Gasteiger partial charge in [0.1, 0.15) is 15.8 Å². The summed E-state index contributed by atoms with van der Waals surface area (Å²) < 4.78 is 29.6. The summed E-state index contributed by atoms with van der Waals surface area (Å²) in [5.41, 5.74) is 0.839. The number of thioether (sulfide) groups is 1. The highest BCUT2D eigenvalue weighted by Crippen LogP contribution is 2.37. The second-order valence-electron chi connectivity index (χ2n) is 6.32. The normalized spacial score (nSPS) is 23.5. The summed E-state index contributed by atoms with van der Waals surface area (Å²) in [7, 11) is -3.10. The highest BCUT2D eigenvalue weighted by molar-refractivity contribution is 8.26. The number of carbonyl (C=O) groups is 1. The molecule has 1 aromatic heterocycles. The number of benzene rings is 1. The van der Waals surface area contributed by atoms with E-state index in [1.165, 1.54) is 4.90 Å². The standard InChI is InChI=1S/C18H14ClNO4S3/c19-12-3-1-2-11(8-12)15-5-4-14(24-15)9-16-17(21)20(18(25)26-16)13-6-7-27(22,23)10-13/h1-5,8-9,13H,6-7,10H2/b16-9+/t13-/m1/s1. The van der Waals surface area contributed by atoms with Crippen LogP contribution in [0.3, 0.4) is 0 Å². The smallest absolute Gasteiger partial charge is 0.266 e. The Hall–Kier alpha value is -1.61. The van der Waals surface area contributed by atoms with Gasteiger partial charge in [-0.15, -0.1) is 0 Å². The third-order valence-electron chi connectivity index (χ3n) is 4.41. The molecule has 3 heterocycles. The molecule has 2 aromatic rings. The topological polar surface area (TPSA) is 67.6 Å². The van der Waals surface area contributed by atoms with Gasteiger partial charge in [-0.25, -0.2) is 8.42 Å². The predicted octanol–water partition coefficient (Wildman–Crippen LogP) is 3.99. The number of thiocarbonyl (C=S) groups is 1. The summed E-state index contributed by atoms with van der Waals surface area (Å²) in [5.74, 6) is 0.944. The molecule has 0 unspecified atom stereocenters. The lowest BCUT2D eigenvalue weighted by atomic mass is 10.2. The van der Waals surface area contributed by atoms with E-state index in [-0.39, 0.29) is 23.5 Å². The molecule has 1 amide bonds. The zero-order valence-electron chi connectivity index (χ0n) is 13.9. The van der Waals surface area contributed by atoms with Crippen LogP contribution in [0.4, 0.5) is 0 Å². The molecule has 0 N–H and O–H groups in total. The van der Waals surface area contributed by atoms with Gasteiger partial charge in [-0.05, 0) is 30.7 Å². The van der Waals surface area contributed by atoms with Crippen molar-refractivity contribution in [1.82, 2.24) is 4.90 Å². The summed E-state index contributed by atoms with van der Waals surface area (Å²) in [6, 6.07) is 10.5. The van der Waals surface area contributed by atoms with Crippen LogP contribution in [0.25, 0.3) is 17.4 Å². The van der Waals surface area contributed by atoms with E-state index < -0.39 is 9.84 Å². The second-order valence-corrected chi connectivity index (χ2v) is 10.7. The van der Waals surface area contributed by atoms with Crippen molar-refractivity contribution in [3.8, 4) is 11.3 Å². The van der Waals surface area contributed by atoms with Crippen molar-refractivity contribution in [1.29, 1.82) is 0 Å². The maximum Gasteiger partial charge on any atom is 0.266 e. The van der Waals surface area contributed by atoms with Gasteiger partial charge in [-0.2, -0.15) is 0 Å². The van der Waals surface area contributed by atoms with Crippen molar-refractivity contribution in [2.45, 2.75) is 12.5 Å². The Kier molecular flexibility index (Phi) is 4.92. The van der Waals surface area contributed by atoms with E-state index in [0.29, 0.717) is 32.2 Å². The molecule has 0 spiro atoms. The lowest BCUT2D eigenvalue weighted by Crippen LogP contribution is -2.39. The number of halogens is 1. The Balaban J connectivity index is 1.57. The number of sulfone groups is 1. The van der Waals surface area contributed by atoms with Crippen LogP contribution in [0.2, 0.25) is 5.02 Å². The zero-order chi connectivity index (χ0) is 19.2. The van der Waals surface area contributed by atoms with Gasteiger partial charge in [0.05, 0.1) is 22.5 Å². The van der Waals surface area contributed by atoms with E-state index in [2.05, 4.69) is 0 Å². The molecule has 9 heteroatoms. The molecule has 1 atom stereocenters. The molecule has 2 aliphatic heterocycles. The molecular weight excluding hydrogens is 426 g/mol. The summed E-state index contributed by atoms with van der Waals surface area (Å²) in [6.45, 7) is 0. The number of carbonyl (C=O) groups excluding carboxylic acids is 1. The van der Waals surface area contributed by atoms with E-state index in [0.717, 1.165) is 17.3 Å². The third-order valence-corrected chi connectivity index (χ3v) is 7.72. The average Bonchev–Trinajstić information content (AvgIpc) is 3.27. The van der Waals surface area contributed by atoms with Crippen molar-refractivity contribution in [2.24, 2.45) is 0 Å². The fraction of sp³-hybridized carbons (Fsp3) is 0.222. The molecule has 0 bridgehead atoms. The first-order valence-corrected chi connectivity index (χ1v) is 11.6. The zero-order valence-corrected chi connectivity index (χ0v) is 17.1. The number of hydrogen-bond acceptors (Lipinski definition) is 6. The van der Waals surface area contributed by atoms with Crippen LogP contribution in [0.5, 0.6) is 0 Å². The minimum absolute atomic E-state index is 0.0353.